The first kappa shape index (κ1) is 15.6. The quantitative estimate of drug-likeness (QED) is 0.782. The van der Waals surface area contributed by atoms with Crippen LogP contribution in [-0.4, -0.2) is 29.7 Å². The minimum Gasteiger partial charge on any atom is -0.507 e. The molecule has 2 aliphatic rings. The summed E-state index contributed by atoms with van der Waals surface area (Å²) in [7, 11) is 0. The predicted molar refractivity (Wildman–Crippen MR) is 98.9 cm³/mol. The number of hydrogen-bond acceptors (Lipinski definition) is 4. The molecule has 1 saturated carbocycles. The van der Waals surface area contributed by atoms with Crippen molar-refractivity contribution in [1.82, 2.24) is 24.5 Å². The molecule has 6 nitrogen and oxygen atoms in total. The van der Waals surface area contributed by atoms with Gasteiger partial charge in [0.2, 0.25) is 0 Å². The topological polar surface area (TPSA) is 68.8 Å². The Morgan fingerprint density at radius 1 is 1.12 bits per heavy atom. The average molecular weight is 349 g/mol. The van der Waals surface area contributed by atoms with Gasteiger partial charge in [-0.2, -0.15) is 5.10 Å². The highest BCUT2D eigenvalue weighted by atomic mass is 16.3. The van der Waals surface area contributed by atoms with Crippen LogP contribution >= 0.6 is 0 Å². The van der Waals surface area contributed by atoms with E-state index in [1.807, 2.05) is 18.2 Å². The summed E-state index contributed by atoms with van der Waals surface area (Å²) in [6, 6.07) is 7.81. The molecule has 0 bridgehead atoms. The average Bonchev–Trinajstić information content (AvgIpc) is 3.39. The summed E-state index contributed by atoms with van der Waals surface area (Å²) in [5.41, 5.74) is 4.42. The van der Waals surface area contributed by atoms with Crippen LogP contribution in [0.15, 0.2) is 24.3 Å². The number of hydrogen-bond donors (Lipinski definition) is 1. The number of phenolic OH excluding ortho intramolecular Hbond substituents is 1. The Labute approximate surface area is 152 Å². The lowest BCUT2D eigenvalue weighted by Gasteiger charge is -2.20. The van der Waals surface area contributed by atoms with E-state index in [9.17, 15) is 5.11 Å². The number of aromatic nitrogens is 5. The molecule has 0 amide bonds. The van der Waals surface area contributed by atoms with Crippen LogP contribution in [0.5, 0.6) is 5.75 Å². The van der Waals surface area contributed by atoms with Crippen LogP contribution in [0.4, 0.5) is 0 Å². The van der Waals surface area contributed by atoms with Crippen LogP contribution in [0.25, 0.3) is 22.9 Å². The van der Waals surface area contributed by atoms with Crippen molar-refractivity contribution in [2.45, 2.75) is 58.0 Å². The summed E-state index contributed by atoms with van der Waals surface area (Å²) < 4.78 is 4.37. The third kappa shape index (κ3) is 2.21. The van der Waals surface area contributed by atoms with Crippen molar-refractivity contribution in [3.05, 3.63) is 35.5 Å². The van der Waals surface area contributed by atoms with Crippen molar-refractivity contribution in [3.8, 4) is 28.7 Å². The third-order valence-corrected chi connectivity index (χ3v) is 5.79. The summed E-state index contributed by atoms with van der Waals surface area (Å²) in [5.74, 6) is 1.87. The molecule has 1 fully saturated rings. The normalized spacial score (nSPS) is 16.7. The van der Waals surface area contributed by atoms with Gasteiger partial charge in [0.05, 0.1) is 17.3 Å². The van der Waals surface area contributed by atoms with Crippen LogP contribution in [-0.2, 0) is 19.4 Å². The van der Waals surface area contributed by atoms with E-state index in [1.54, 1.807) is 6.07 Å². The highest BCUT2D eigenvalue weighted by Crippen LogP contribution is 2.40. The molecule has 1 aromatic carbocycles. The lowest BCUT2D eigenvalue weighted by Crippen LogP contribution is -2.16. The standard InChI is InChI=1S/C20H23N5O/c1-2-16-14-11-12-24-19(15-9-5-6-10-17(15)26)21-22-20(24)18(14)25(23-16)13-7-3-4-8-13/h5-6,9-10,13,26H,2-4,7-8,11-12H2,1H3. The van der Waals surface area contributed by atoms with Gasteiger partial charge in [0.1, 0.15) is 11.4 Å². The lowest BCUT2D eigenvalue weighted by molar-refractivity contribution is 0.464. The molecular formula is C20H23N5O. The van der Waals surface area contributed by atoms with Crippen LogP contribution in [0.3, 0.4) is 0 Å². The number of nitrogens with zero attached hydrogens (tertiary/aromatic N) is 5. The molecule has 2 aromatic heterocycles. The number of fused-ring (bicyclic) bond motifs is 3. The molecule has 0 radical (unpaired) electrons. The molecule has 26 heavy (non-hydrogen) atoms. The number of para-hydroxylation sites is 1. The van der Waals surface area contributed by atoms with Gasteiger partial charge in [0, 0.05) is 12.1 Å². The molecule has 0 unspecified atom stereocenters. The van der Waals surface area contributed by atoms with Crippen molar-refractivity contribution in [2.75, 3.05) is 0 Å². The molecule has 1 aliphatic carbocycles. The van der Waals surface area contributed by atoms with Gasteiger partial charge in [-0.3, -0.25) is 4.68 Å². The van der Waals surface area contributed by atoms with Crippen LogP contribution in [0.1, 0.15) is 49.9 Å². The third-order valence-electron chi connectivity index (χ3n) is 5.79. The zero-order chi connectivity index (χ0) is 17.7. The Morgan fingerprint density at radius 2 is 1.88 bits per heavy atom. The Morgan fingerprint density at radius 3 is 2.65 bits per heavy atom. The Bertz CT molecular complexity index is 965. The number of phenols is 1. The minimum absolute atomic E-state index is 0.243. The van der Waals surface area contributed by atoms with Crippen LogP contribution in [0, 0.1) is 0 Å². The van der Waals surface area contributed by atoms with Crippen LogP contribution < -0.4 is 0 Å². The molecule has 3 aromatic rings. The summed E-state index contributed by atoms with van der Waals surface area (Å²) >= 11 is 0. The van der Waals surface area contributed by atoms with Gasteiger partial charge in [0.15, 0.2) is 11.6 Å². The Balaban J connectivity index is 1.68. The second kappa shape index (κ2) is 5.97. The Hall–Kier alpha value is -2.63. The molecule has 1 aliphatic heterocycles. The maximum Gasteiger partial charge on any atom is 0.182 e. The monoisotopic (exact) mass is 349 g/mol. The second-order valence-electron chi connectivity index (χ2n) is 7.28. The van der Waals surface area contributed by atoms with E-state index in [4.69, 9.17) is 5.10 Å². The van der Waals surface area contributed by atoms with Crippen molar-refractivity contribution in [1.29, 1.82) is 0 Å². The summed E-state index contributed by atoms with van der Waals surface area (Å²) in [6.07, 6.45) is 6.82. The van der Waals surface area contributed by atoms with E-state index in [1.165, 1.54) is 36.9 Å². The van der Waals surface area contributed by atoms with E-state index >= 15 is 0 Å². The number of aromatic hydroxyl groups is 1. The largest absolute Gasteiger partial charge is 0.507 e. The van der Waals surface area contributed by atoms with Crippen LogP contribution in [0.2, 0.25) is 0 Å². The molecule has 134 valence electrons. The highest BCUT2D eigenvalue weighted by Gasteiger charge is 2.32. The first-order valence-electron chi connectivity index (χ1n) is 9.60. The fraction of sp³-hybridized carbons (Fsp3) is 0.450. The van der Waals surface area contributed by atoms with Gasteiger partial charge >= 0.3 is 0 Å². The summed E-state index contributed by atoms with van der Waals surface area (Å²) in [4.78, 5) is 0. The molecule has 1 N–H and O–H groups in total. The van der Waals surface area contributed by atoms with Gasteiger partial charge in [-0.1, -0.05) is 31.9 Å². The first-order chi connectivity index (χ1) is 12.8. The maximum atomic E-state index is 10.2. The van der Waals surface area contributed by atoms with Gasteiger partial charge in [-0.25, -0.2) is 0 Å². The number of aryl methyl sites for hydroxylation is 1. The van der Waals surface area contributed by atoms with Gasteiger partial charge in [-0.05, 0) is 37.8 Å². The zero-order valence-corrected chi connectivity index (χ0v) is 15.0. The Kier molecular flexibility index (Phi) is 3.58. The minimum atomic E-state index is 0.243. The van der Waals surface area contributed by atoms with Gasteiger partial charge in [-0.15, -0.1) is 10.2 Å². The van der Waals surface area contributed by atoms with E-state index in [0.29, 0.717) is 6.04 Å². The van der Waals surface area contributed by atoms with E-state index in [2.05, 4.69) is 26.4 Å². The summed E-state index contributed by atoms with van der Waals surface area (Å²) in [6.45, 7) is 3.00. The van der Waals surface area contributed by atoms with E-state index in [-0.39, 0.29) is 5.75 Å². The second-order valence-corrected chi connectivity index (χ2v) is 7.28. The number of rotatable bonds is 3. The zero-order valence-electron chi connectivity index (χ0n) is 15.0. The van der Waals surface area contributed by atoms with Gasteiger partial charge < -0.3 is 9.67 Å². The fourth-order valence-electron chi connectivity index (χ4n) is 4.49. The molecule has 0 atom stereocenters. The lowest BCUT2D eigenvalue weighted by atomic mass is 10.0. The first-order valence-corrected chi connectivity index (χ1v) is 9.60. The predicted octanol–water partition coefficient (Wildman–Crippen LogP) is 3.75. The maximum absolute atomic E-state index is 10.2. The molecule has 3 heterocycles. The molecule has 0 saturated heterocycles. The van der Waals surface area contributed by atoms with Crippen molar-refractivity contribution < 1.29 is 5.11 Å². The van der Waals surface area contributed by atoms with Crippen molar-refractivity contribution in [3.63, 3.8) is 0 Å². The fourth-order valence-corrected chi connectivity index (χ4v) is 4.49. The molecule has 0 spiro atoms. The smallest absolute Gasteiger partial charge is 0.182 e. The summed E-state index contributed by atoms with van der Waals surface area (Å²) in [5, 5.41) is 24.2. The number of benzene rings is 1. The van der Waals surface area contributed by atoms with Gasteiger partial charge in [0.25, 0.3) is 0 Å². The molecule has 6 heteroatoms. The van der Waals surface area contributed by atoms with Crippen molar-refractivity contribution >= 4 is 0 Å². The highest BCUT2D eigenvalue weighted by molar-refractivity contribution is 5.69. The van der Waals surface area contributed by atoms with Crippen molar-refractivity contribution in [2.24, 2.45) is 0 Å². The van der Waals surface area contributed by atoms with E-state index in [0.717, 1.165) is 42.3 Å². The van der Waals surface area contributed by atoms with E-state index < -0.39 is 0 Å². The SMILES string of the molecule is CCc1nn(C2CCCC2)c2c1CCn1c(-c3ccccc3O)nnc1-2. The molecular weight excluding hydrogens is 326 g/mol. The molecule has 5 rings (SSSR count).